The van der Waals surface area contributed by atoms with Crippen LogP contribution in [0.25, 0.3) is 0 Å². The van der Waals surface area contributed by atoms with E-state index < -0.39 is 0 Å². The molecule has 1 amide bonds. The lowest BCUT2D eigenvalue weighted by atomic mass is 10.0. The molecule has 0 aromatic heterocycles. The first-order chi connectivity index (χ1) is 7.51. The Morgan fingerprint density at radius 1 is 1.56 bits per heavy atom. The highest BCUT2D eigenvalue weighted by molar-refractivity contribution is 9.09. The normalized spacial score (nSPS) is 25.1. The van der Waals surface area contributed by atoms with Gasteiger partial charge in [0.2, 0.25) is 5.91 Å². The summed E-state index contributed by atoms with van der Waals surface area (Å²) in [7, 11) is 0. The zero-order valence-electron chi connectivity index (χ0n) is 10.5. The average molecular weight is 308 g/mol. The minimum Gasteiger partial charge on any atom is -0.339 e. The second-order valence-corrected chi connectivity index (χ2v) is 7.21. The lowest BCUT2D eigenvalue weighted by molar-refractivity contribution is -0.135. The molecule has 0 bridgehead atoms. The Morgan fingerprint density at radius 3 is 2.69 bits per heavy atom. The van der Waals surface area contributed by atoms with Crippen LogP contribution in [0, 0.1) is 0 Å². The molecule has 1 saturated heterocycles. The zero-order chi connectivity index (χ0) is 12.2. The maximum absolute atomic E-state index is 12.5. The molecule has 0 N–H and O–H groups in total. The van der Waals surface area contributed by atoms with Crippen LogP contribution in [0.3, 0.4) is 0 Å². The highest BCUT2D eigenvalue weighted by atomic mass is 79.9. The Labute approximate surface area is 112 Å². The molecule has 2 nitrogen and oxygen atoms in total. The first-order valence-electron chi connectivity index (χ1n) is 6.02. The molecule has 1 atom stereocenters. The van der Waals surface area contributed by atoms with Crippen LogP contribution < -0.4 is 0 Å². The van der Waals surface area contributed by atoms with E-state index in [0.29, 0.717) is 11.9 Å². The molecule has 1 rings (SSSR count). The number of amides is 1. The second kappa shape index (κ2) is 6.29. The Kier molecular flexibility index (Phi) is 5.65. The van der Waals surface area contributed by atoms with E-state index in [1.165, 1.54) is 6.42 Å². The van der Waals surface area contributed by atoms with Gasteiger partial charge in [-0.3, -0.25) is 4.79 Å². The summed E-state index contributed by atoms with van der Waals surface area (Å²) < 4.78 is -0.156. The second-order valence-electron chi connectivity index (χ2n) is 4.82. The molecule has 16 heavy (non-hydrogen) atoms. The molecule has 0 saturated carbocycles. The third-order valence-electron chi connectivity index (χ3n) is 3.09. The number of halogens is 1. The molecule has 1 aliphatic heterocycles. The molecule has 1 aliphatic rings. The molecular formula is C12H22BrNOS. The van der Waals surface area contributed by atoms with Crippen LogP contribution in [0.5, 0.6) is 0 Å². The van der Waals surface area contributed by atoms with E-state index >= 15 is 0 Å². The molecule has 94 valence electrons. The molecule has 0 aromatic rings. The largest absolute Gasteiger partial charge is 0.339 e. The number of rotatable bonds is 5. The van der Waals surface area contributed by atoms with Gasteiger partial charge in [-0.25, -0.2) is 0 Å². The predicted molar refractivity (Wildman–Crippen MR) is 75.4 cm³/mol. The van der Waals surface area contributed by atoms with E-state index in [9.17, 15) is 4.79 Å². The van der Waals surface area contributed by atoms with Crippen LogP contribution in [-0.4, -0.2) is 39.2 Å². The zero-order valence-corrected chi connectivity index (χ0v) is 12.9. The number of hydrogen-bond acceptors (Lipinski definition) is 2. The number of hydrogen-bond donors (Lipinski definition) is 0. The first kappa shape index (κ1) is 14.4. The van der Waals surface area contributed by atoms with Crippen LogP contribution >= 0.6 is 27.7 Å². The van der Waals surface area contributed by atoms with Gasteiger partial charge in [0, 0.05) is 17.9 Å². The van der Waals surface area contributed by atoms with Crippen molar-refractivity contribution in [2.75, 3.05) is 17.6 Å². The van der Waals surface area contributed by atoms with E-state index in [2.05, 4.69) is 36.7 Å². The Morgan fingerprint density at radius 2 is 2.25 bits per heavy atom. The standard InChI is InChI=1S/C12H22BrNOS/c1-10(2)14(8-5-7-13)11(15)12(3)6-4-9-16-12/h10H,4-9H2,1-3H3. The summed E-state index contributed by atoms with van der Waals surface area (Å²) in [5.74, 6) is 1.47. The van der Waals surface area contributed by atoms with Crippen molar-refractivity contribution in [2.45, 2.75) is 50.8 Å². The minimum atomic E-state index is -0.156. The smallest absolute Gasteiger partial charge is 0.238 e. The van der Waals surface area contributed by atoms with Gasteiger partial charge >= 0.3 is 0 Å². The van der Waals surface area contributed by atoms with Gasteiger partial charge in [-0.2, -0.15) is 0 Å². The molecule has 0 radical (unpaired) electrons. The highest BCUT2D eigenvalue weighted by Crippen LogP contribution is 2.39. The van der Waals surface area contributed by atoms with Gasteiger partial charge in [-0.1, -0.05) is 15.9 Å². The summed E-state index contributed by atoms with van der Waals surface area (Å²) in [5, 5.41) is 0.966. The van der Waals surface area contributed by atoms with Crippen molar-refractivity contribution in [2.24, 2.45) is 0 Å². The highest BCUT2D eigenvalue weighted by Gasteiger charge is 2.40. The van der Waals surface area contributed by atoms with Crippen LogP contribution in [0.4, 0.5) is 0 Å². The van der Waals surface area contributed by atoms with Crippen LogP contribution in [-0.2, 0) is 4.79 Å². The molecule has 0 spiro atoms. The topological polar surface area (TPSA) is 20.3 Å². The summed E-state index contributed by atoms with van der Waals surface area (Å²) >= 11 is 5.26. The lowest BCUT2D eigenvalue weighted by Crippen LogP contribution is -2.47. The van der Waals surface area contributed by atoms with Crippen molar-refractivity contribution < 1.29 is 4.79 Å². The molecule has 1 unspecified atom stereocenters. The summed E-state index contributed by atoms with van der Waals surface area (Å²) in [6.07, 6.45) is 3.25. The lowest BCUT2D eigenvalue weighted by Gasteiger charge is -2.34. The van der Waals surface area contributed by atoms with Gasteiger partial charge in [-0.15, -0.1) is 11.8 Å². The number of carbonyl (C=O) groups excluding carboxylic acids is 1. The van der Waals surface area contributed by atoms with E-state index in [1.54, 1.807) is 0 Å². The average Bonchev–Trinajstić information content (AvgIpc) is 2.66. The Balaban J connectivity index is 2.66. The molecular weight excluding hydrogens is 286 g/mol. The van der Waals surface area contributed by atoms with E-state index in [1.807, 2.05) is 16.7 Å². The molecule has 1 fully saturated rings. The van der Waals surface area contributed by atoms with Gasteiger partial charge in [0.1, 0.15) is 0 Å². The van der Waals surface area contributed by atoms with Gasteiger partial charge in [0.25, 0.3) is 0 Å². The maximum Gasteiger partial charge on any atom is 0.238 e. The van der Waals surface area contributed by atoms with E-state index in [0.717, 1.165) is 30.5 Å². The molecule has 0 aliphatic carbocycles. The number of nitrogens with zero attached hydrogens (tertiary/aromatic N) is 1. The van der Waals surface area contributed by atoms with Crippen LogP contribution in [0.1, 0.15) is 40.0 Å². The third kappa shape index (κ3) is 3.39. The van der Waals surface area contributed by atoms with Gasteiger partial charge in [0.05, 0.1) is 4.75 Å². The molecule has 4 heteroatoms. The summed E-state index contributed by atoms with van der Waals surface area (Å²) in [6.45, 7) is 7.19. The van der Waals surface area contributed by atoms with Gasteiger partial charge < -0.3 is 4.90 Å². The first-order valence-corrected chi connectivity index (χ1v) is 8.13. The summed E-state index contributed by atoms with van der Waals surface area (Å²) in [5.41, 5.74) is 0. The number of thioether (sulfide) groups is 1. The monoisotopic (exact) mass is 307 g/mol. The van der Waals surface area contributed by atoms with Crippen molar-refractivity contribution in [1.82, 2.24) is 4.90 Å². The minimum absolute atomic E-state index is 0.156. The van der Waals surface area contributed by atoms with Crippen molar-refractivity contribution in [3.05, 3.63) is 0 Å². The van der Waals surface area contributed by atoms with Crippen molar-refractivity contribution in [3.8, 4) is 0 Å². The summed E-state index contributed by atoms with van der Waals surface area (Å²) in [6, 6.07) is 0.310. The number of alkyl halides is 1. The van der Waals surface area contributed by atoms with Crippen molar-refractivity contribution >= 4 is 33.6 Å². The predicted octanol–water partition coefficient (Wildman–Crippen LogP) is 3.29. The molecule has 0 aromatic carbocycles. The number of carbonyl (C=O) groups is 1. The van der Waals surface area contributed by atoms with E-state index in [4.69, 9.17) is 0 Å². The molecule has 1 heterocycles. The maximum atomic E-state index is 12.5. The van der Waals surface area contributed by atoms with Gasteiger partial charge in [-0.05, 0) is 45.8 Å². The van der Waals surface area contributed by atoms with E-state index in [-0.39, 0.29) is 4.75 Å². The SMILES string of the molecule is CC(C)N(CCCBr)C(=O)C1(C)CCCS1. The Hall–Kier alpha value is 0.300. The van der Waals surface area contributed by atoms with Crippen molar-refractivity contribution in [1.29, 1.82) is 0 Å². The van der Waals surface area contributed by atoms with Crippen LogP contribution in [0.2, 0.25) is 0 Å². The fourth-order valence-electron chi connectivity index (χ4n) is 2.08. The van der Waals surface area contributed by atoms with Crippen molar-refractivity contribution in [3.63, 3.8) is 0 Å². The quantitative estimate of drug-likeness (QED) is 0.726. The van der Waals surface area contributed by atoms with Crippen LogP contribution in [0.15, 0.2) is 0 Å². The fourth-order valence-corrected chi connectivity index (χ4v) is 3.60. The third-order valence-corrected chi connectivity index (χ3v) is 5.16. The summed E-state index contributed by atoms with van der Waals surface area (Å²) in [4.78, 5) is 14.5. The van der Waals surface area contributed by atoms with Gasteiger partial charge in [0.15, 0.2) is 0 Å². The Bertz CT molecular complexity index is 239. The fraction of sp³-hybridized carbons (Fsp3) is 0.917.